The molecule has 0 spiro atoms. The average Bonchev–Trinajstić information content (AvgIpc) is 3.15. The summed E-state index contributed by atoms with van der Waals surface area (Å²) in [5.74, 6) is 0. The first kappa shape index (κ1) is 15.0. The second-order valence-corrected chi connectivity index (χ2v) is 4.93. The van der Waals surface area contributed by atoms with Crippen molar-refractivity contribution in [1.82, 2.24) is 24.7 Å². The van der Waals surface area contributed by atoms with E-state index < -0.39 is 12.2 Å². The van der Waals surface area contributed by atoms with Gasteiger partial charge in [-0.1, -0.05) is 0 Å². The Kier molecular flexibility index (Phi) is 3.73. The van der Waals surface area contributed by atoms with Crippen LogP contribution in [0.1, 0.15) is 18.9 Å². The molecule has 1 unspecified atom stereocenters. The molecule has 0 aliphatic rings. The maximum Gasteiger partial charge on any atom is 0.410 e. The minimum absolute atomic E-state index is 0.199. The number of aromatic nitrogens is 5. The first-order chi connectivity index (χ1) is 11.0. The Morgan fingerprint density at radius 3 is 2.91 bits per heavy atom. The van der Waals surface area contributed by atoms with Crippen LogP contribution in [0.5, 0.6) is 0 Å². The number of rotatable bonds is 4. The molecule has 1 N–H and O–H groups in total. The zero-order chi connectivity index (χ0) is 16.4. The lowest BCUT2D eigenvalue weighted by Crippen LogP contribution is -2.26. The van der Waals surface area contributed by atoms with E-state index in [2.05, 4.69) is 20.1 Å². The lowest BCUT2D eigenvalue weighted by Gasteiger charge is -2.19. The summed E-state index contributed by atoms with van der Waals surface area (Å²) in [6, 6.07) is 1.65. The molecule has 0 radical (unpaired) electrons. The summed E-state index contributed by atoms with van der Waals surface area (Å²) < 4.78 is 40.3. The van der Waals surface area contributed by atoms with Crippen LogP contribution in [-0.2, 0) is 0 Å². The number of nitriles is 1. The summed E-state index contributed by atoms with van der Waals surface area (Å²) in [4.78, 5) is 11.1. The van der Waals surface area contributed by atoms with Crippen LogP contribution < -0.4 is 0 Å². The molecule has 3 rings (SSSR count). The molecule has 0 saturated carbocycles. The Labute approximate surface area is 128 Å². The van der Waals surface area contributed by atoms with E-state index in [4.69, 9.17) is 5.26 Å². The van der Waals surface area contributed by atoms with Gasteiger partial charge in [0.15, 0.2) is 0 Å². The topological polar surface area (TPSA) is 83.2 Å². The summed E-state index contributed by atoms with van der Waals surface area (Å²) in [5, 5.41) is 13.1. The molecule has 9 heteroatoms. The standard InChI is InChI=1S/C14H11F3N6/c15-14(16,17)11(2-1-4-18)23-7-9(6-22-23)12-10-3-5-19-13(10)21-8-20-12/h3,5-8,11H,1-2H2,(H,19,20,21). The zero-order valence-corrected chi connectivity index (χ0v) is 11.7. The third-order valence-corrected chi connectivity index (χ3v) is 3.46. The van der Waals surface area contributed by atoms with E-state index in [1.807, 2.05) is 0 Å². The lowest BCUT2D eigenvalue weighted by atomic mass is 10.1. The second-order valence-electron chi connectivity index (χ2n) is 4.93. The van der Waals surface area contributed by atoms with Crippen molar-refractivity contribution in [3.05, 3.63) is 31.0 Å². The van der Waals surface area contributed by atoms with Crippen LogP contribution in [0.4, 0.5) is 13.2 Å². The SMILES string of the molecule is N#CCCC(n1cc(-c2ncnc3[nH]ccc23)cn1)C(F)(F)F. The first-order valence-corrected chi connectivity index (χ1v) is 6.77. The van der Waals surface area contributed by atoms with Gasteiger partial charge in [-0.25, -0.2) is 9.97 Å². The molecule has 0 amide bonds. The fraction of sp³-hybridized carbons (Fsp3) is 0.286. The van der Waals surface area contributed by atoms with Crippen molar-refractivity contribution < 1.29 is 13.2 Å². The monoisotopic (exact) mass is 320 g/mol. The van der Waals surface area contributed by atoms with Crippen LogP contribution in [0, 0.1) is 11.3 Å². The van der Waals surface area contributed by atoms with Gasteiger partial charge in [0, 0.05) is 29.8 Å². The quantitative estimate of drug-likeness (QED) is 0.800. The van der Waals surface area contributed by atoms with Crippen LogP contribution in [-0.4, -0.2) is 30.9 Å². The highest BCUT2D eigenvalue weighted by Crippen LogP contribution is 2.35. The van der Waals surface area contributed by atoms with Gasteiger partial charge in [0.1, 0.15) is 18.0 Å². The van der Waals surface area contributed by atoms with E-state index in [0.717, 1.165) is 4.68 Å². The van der Waals surface area contributed by atoms with Gasteiger partial charge in [0.05, 0.1) is 18.0 Å². The third-order valence-electron chi connectivity index (χ3n) is 3.46. The summed E-state index contributed by atoms with van der Waals surface area (Å²) >= 11 is 0. The Morgan fingerprint density at radius 2 is 2.17 bits per heavy atom. The molecular weight excluding hydrogens is 309 g/mol. The number of nitrogens with one attached hydrogen (secondary N) is 1. The fourth-order valence-electron chi connectivity index (χ4n) is 2.38. The molecule has 0 fully saturated rings. The molecule has 0 saturated heterocycles. The Hall–Kier alpha value is -2.89. The Morgan fingerprint density at radius 1 is 1.35 bits per heavy atom. The smallest absolute Gasteiger partial charge is 0.346 e. The lowest BCUT2D eigenvalue weighted by molar-refractivity contribution is -0.171. The number of aromatic amines is 1. The van der Waals surface area contributed by atoms with Crippen molar-refractivity contribution in [1.29, 1.82) is 5.26 Å². The van der Waals surface area contributed by atoms with E-state index in [0.29, 0.717) is 22.3 Å². The van der Waals surface area contributed by atoms with E-state index in [9.17, 15) is 13.2 Å². The van der Waals surface area contributed by atoms with Gasteiger partial charge in [0.2, 0.25) is 0 Å². The van der Waals surface area contributed by atoms with Crippen LogP contribution in [0.25, 0.3) is 22.3 Å². The van der Waals surface area contributed by atoms with Gasteiger partial charge >= 0.3 is 6.18 Å². The number of halogens is 3. The van der Waals surface area contributed by atoms with E-state index in [1.54, 1.807) is 18.3 Å². The molecule has 0 aliphatic carbocycles. The first-order valence-electron chi connectivity index (χ1n) is 6.77. The van der Waals surface area contributed by atoms with E-state index in [1.165, 1.54) is 18.7 Å². The summed E-state index contributed by atoms with van der Waals surface area (Å²) in [6.07, 6.45) is 0.625. The minimum Gasteiger partial charge on any atom is -0.346 e. The summed E-state index contributed by atoms with van der Waals surface area (Å²) in [6.45, 7) is 0. The highest BCUT2D eigenvalue weighted by molar-refractivity contribution is 5.89. The van der Waals surface area contributed by atoms with Gasteiger partial charge in [-0.05, 0) is 12.5 Å². The normalized spacial score (nSPS) is 13.1. The molecule has 6 nitrogen and oxygen atoms in total. The van der Waals surface area contributed by atoms with E-state index in [-0.39, 0.29) is 12.8 Å². The number of nitrogens with zero attached hydrogens (tertiary/aromatic N) is 5. The number of hydrogen-bond donors (Lipinski definition) is 1. The van der Waals surface area contributed by atoms with Crippen molar-refractivity contribution >= 4 is 11.0 Å². The Balaban J connectivity index is 1.99. The second kappa shape index (κ2) is 5.72. The molecule has 0 aliphatic heterocycles. The highest BCUT2D eigenvalue weighted by Gasteiger charge is 2.41. The number of hydrogen-bond acceptors (Lipinski definition) is 4. The molecule has 0 bridgehead atoms. The maximum absolute atomic E-state index is 13.1. The van der Waals surface area contributed by atoms with Crippen molar-refractivity contribution in [2.75, 3.05) is 0 Å². The highest BCUT2D eigenvalue weighted by atomic mass is 19.4. The Bertz CT molecular complexity index is 857. The van der Waals surface area contributed by atoms with Crippen LogP contribution in [0.3, 0.4) is 0 Å². The third kappa shape index (κ3) is 2.88. The van der Waals surface area contributed by atoms with Gasteiger partial charge < -0.3 is 4.98 Å². The van der Waals surface area contributed by atoms with Gasteiger partial charge in [-0.3, -0.25) is 4.68 Å². The molecule has 23 heavy (non-hydrogen) atoms. The molecular formula is C14H11F3N6. The number of alkyl halides is 3. The fourth-order valence-corrected chi connectivity index (χ4v) is 2.38. The number of fused-ring (bicyclic) bond motifs is 1. The average molecular weight is 320 g/mol. The zero-order valence-electron chi connectivity index (χ0n) is 11.7. The molecule has 118 valence electrons. The predicted molar refractivity (Wildman–Crippen MR) is 75.0 cm³/mol. The van der Waals surface area contributed by atoms with Crippen LogP contribution in [0.2, 0.25) is 0 Å². The molecule has 1 atom stereocenters. The summed E-state index contributed by atoms with van der Waals surface area (Å²) in [5.41, 5.74) is 1.56. The van der Waals surface area contributed by atoms with Gasteiger partial charge in [-0.2, -0.15) is 23.5 Å². The molecule has 3 aromatic heterocycles. The minimum atomic E-state index is -4.48. The van der Waals surface area contributed by atoms with E-state index >= 15 is 0 Å². The predicted octanol–water partition coefficient (Wildman–Crippen LogP) is 3.23. The summed E-state index contributed by atoms with van der Waals surface area (Å²) in [7, 11) is 0. The van der Waals surface area contributed by atoms with Crippen molar-refractivity contribution in [3.63, 3.8) is 0 Å². The van der Waals surface area contributed by atoms with Crippen LogP contribution in [0.15, 0.2) is 31.0 Å². The maximum atomic E-state index is 13.1. The van der Waals surface area contributed by atoms with Gasteiger partial charge in [-0.15, -0.1) is 0 Å². The number of H-pyrrole nitrogens is 1. The van der Waals surface area contributed by atoms with Gasteiger partial charge in [0.25, 0.3) is 0 Å². The molecule has 3 heterocycles. The molecule has 0 aromatic carbocycles. The molecule has 3 aromatic rings. The van der Waals surface area contributed by atoms with Crippen molar-refractivity contribution in [2.24, 2.45) is 0 Å². The largest absolute Gasteiger partial charge is 0.410 e. The van der Waals surface area contributed by atoms with Crippen molar-refractivity contribution in [3.8, 4) is 17.3 Å². The van der Waals surface area contributed by atoms with Crippen molar-refractivity contribution in [2.45, 2.75) is 25.1 Å². The van der Waals surface area contributed by atoms with Crippen LogP contribution >= 0.6 is 0 Å².